The van der Waals surface area contributed by atoms with Gasteiger partial charge in [0, 0.05) is 0 Å². The number of rotatable bonds is 0. The third kappa shape index (κ3) is 20.8. The molecule has 0 aliphatic carbocycles. The van der Waals surface area contributed by atoms with E-state index in [2.05, 4.69) is 0 Å². The zero-order valence-corrected chi connectivity index (χ0v) is 10.7. The van der Waals surface area contributed by atoms with Crippen LogP contribution in [-0.2, 0) is 19.8 Å². The first-order chi connectivity index (χ1) is 0. The minimum atomic E-state index is 0. The van der Waals surface area contributed by atoms with Crippen molar-refractivity contribution < 1.29 is 87.7 Å². The molecule has 0 heterocycles. The third-order valence-electron chi connectivity index (χ3n) is 0. The predicted molar refractivity (Wildman–Crippen MR) is 0 cm³/mol. The zero-order chi connectivity index (χ0) is 0. The molecule has 0 atom stereocenters. The van der Waals surface area contributed by atoms with Gasteiger partial charge in [-0.2, -0.15) is 0 Å². The fourth-order valence-corrected chi connectivity index (χ4v) is 0. The van der Waals surface area contributed by atoms with Crippen LogP contribution in [0, 0.1) is 0 Å². The van der Waals surface area contributed by atoms with Gasteiger partial charge in [0.2, 0.25) is 0 Å². The van der Waals surface area contributed by atoms with Crippen LogP contribution in [0.1, 0.15) is 0 Å². The Balaban J connectivity index is 0. The second-order valence-corrected chi connectivity index (χ2v) is 0. The molecule has 0 radical (unpaired) electrons. The van der Waals surface area contributed by atoms with Gasteiger partial charge < -0.3 is 67.9 Å². The van der Waals surface area contributed by atoms with Crippen molar-refractivity contribution in [2.75, 3.05) is 0 Å². The summed E-state index contributed by atoms with van der Waals surface area (Å²) in [5.74, 6) is 0. The van der Waals surface area contributed by atoms with Crippen LogP contribution in [0.3, 0.4) is 0 Å². The smallest absolute Gasteiger partial charge is 1.00 e. The molecule has 0 N–H and O–H groups in total. The molecule has 0 aliphatic heterocycles. The molecule has 0 spiro atoms. The SMILES string of the molecule is [Br-].[Br-].[Br-].[Br-].[Os+4]. The molecule has 0 unspecified atom stereocenters. The molecule has 0 saturated heterocycles. The molecule has 5 heteroatoms. The number of hydrogen-bond acceptors (Lipinski definition) is 0. The van der Waals surface area contributed by atoms with E-state index in [9.17, 15) is 0 Å². The average Bonchev–Trinajstić information content (AvgIpc) is 0. The third-order valence-corrected chi connectivity index (χ3v) is 0. The van der Waals surface area contributed by atoms with Crippen molar-refractivity contribution in [3.05, 3.63) is 0 Å². The normalized spacial score (nSPS) is 0. The molecule has 0 saturated carbocycles. The molecule has 0 bridgehead atoms. The maximum atomic E-state index is 0. The van der Waals surface area contributed by atoms with Gasteiger partial charge in [-0.15, -0.1) is 0 Å². The molecule has 0 aromatic rings. The van der Waals surface area contributed by atoms with Crippen molar-refractivity contribution in [2.45, 2.75) is 0 Å². The van der Waals surface area contributed by atoms with Crippen molar-refractivity contribution in [1.29, 1.82) is 0 Å². The Bertz CT molecular complexity index is 3.61. The van der Waals surface area contributed by atoms with Gasteiger partial charge in [0.05, 0.1) is 0 Å². The standard InChI is InChI=1S/4BrH.Os/h4*1H;/q;;;;+4/p-4. The fraction of sp³-hybridized carbons (Fsp3) is 0. The van der Waals surface area contributed by atoms with Gasteiger partial charge in [-0.3, -0.25) is 0 Å². The van der Waals surface area contributed by atoms with Crippen LogP contribution < -0.4 is 67.9 Å². The maximum Gasteiger partial charge on any atom is 4.00 e. The van der Waals surface area contributed by atoms with Gasteiger partial charge in [-0.1, -0.05) is 0 Å². The van der Waals surface area contributed by atoms with E-state index in [0.717, 1.165) is 0 Å². The van der Waals surface area contributed by atoms with Crippen molar-refractivity contribution in [3.8, 4) is 0 Å². The minimum absolute atomic E-state index is 0. The summed E-state index contributed by atoms with van der Waals surface area (Å²) in [7, 11) is 0. The van der Waals surface area contributed by atoms with E-state index >= 15 is 0 Å². The van der Waals surface area contributed by atoms with Gasteiger partial charge in [0.25, 0.3) is 0 Å². The molecular weight excluding hydrogens is 510 g/mol. The van der Waals surface area contributed by atoms with E-state index in [1.165, 1.54) is 0 Å². The summed E-state index contributed by atoms with van der Waals surface area (Å²) in [6.45, 7) is 0. The molecule has 0 aliphatic rings. The van der Waals surface area contributed by atoms with Crippen molar-refractivity contribution in [1.82, 2.24) is 0 Å². The van der Waals surface area contributed by atoms with E-state index in [-0.39, 0.29) is 87.7 Å². The van der Waals surface area contributed by atoms with E-state index < -0.39 is 0 Å². The van der Waals surface area contributed by atoms with E-state index in [1.807, 2.05) is 0 Å². The Morgan fingerprint density at radius 1 is 0.400 bits per heavy atom. The molecule has 0 rings (SSSR count). The second-order valence-electron chi connectivity index (χ2n) is 0. The summed E-state index contributed by atoms with van der Waals surface area (Å²) in [6.07, 6.45) is 0. The Morgan fingerprint density at radius 3 is 0.400 bits per heavy atom. The first-order valence-corrected chi connectivity index (χ1v) is 0. The largest absolute Gasteiger partial charge is 4.00 e. The average molecular weight is 510 g/mol. The predicted octanol–water partition coefficient (Wildman–Crippen LogP) is -12.0. The van der Waals surface area contributed by atoms with Crippen LogP contribution in [0.2, 0.25) is 0 Å². The van der Waals surface area contributed by atoms with Gasteiger partial charge in [-0.25, -0.2) is 0 Å². The fourth-order valence-electron chi connectivity index (χ4n) is 0. The monoisotopic (exact) mass is 508 g/mol. The summed E-state index contributed by atoms with van der Waals surface area (Å²) in [5.41, 5.74) is 0. The van der Waals surface area contributed by atoms with E-state index in [0.29, 0.717) is 0 Å². The molecule has 0 fully saturated rings. The summed E-state index contributed by atoms with van der Waals surface area (Å²) in [6, 6.07) is 0. The Labute approximate surface area is 86.6 Å². The van der Waals surface area contributed by atoms with Crippen LogP contribution in [-0.4, -0.2) is 0 Å². The molecule has 5 heavy (non-hydrogen) atoms. The van der Waals surface area contributed by atoms with E-state index in [1.54, 1.807) is 0 Å². The van der Waals surface area contributed by atoms with Crippen LogP contribution in [0.25, 0.3) is 0 Å². The molecule has 0 amide bonds. The van der Waals surface area contributed by atoms with Gasteiger partial charge >= 0.3 is 19.8 Å². The van der Waals surface area contributed by atoms with Gasteiger partial charge in [-0.05, 0) is 0 Å². The van der Waals surface area contributed by atoms with Crippen LogP contribution >= 0.6 is 0 Å². The zero-order valence-electron chi connectivity index (χ0n) is 1.87. The molecular formula is Br4Os. The summed E-state index contributed by atoms with van der Waals surface area (Å²) < 4.78 is 0. The number of hydrogen-bond donors (Lipinski definition) is 0. The maximum absolute atomic E-state index is 0. The quantitative estimate of drug-likeness (QED) is 0.304. The summed E-state index contributed by atoms with van der Waals surface area (Å²) in [5, 5.41) is 0. The Hall–Kier alpha value is 2.56. The minimum Gasteiger partial charge on any atom is -1.00 e. The Morgan fingerprint density at radius 2 is 0.400 bits per heavy atom. The Kier molecular flexibility index (Phi) is 308. The number of halogens is 4. The molecule has 0 aromatic carbocycles. The summed E-state index contributed by atoms with van der Waals surface area (Å²) in [4.78, 5) is 0. The van der Waals surface area contributed by atoms with Crippen molar-refractivity contribution in [2.24, 2.45) is 0 Å². The molecule has 0 nitrogen and oxygen atoms in total. The van der Waals surface area contributed by atoms with Crippen molar-refractivity contribution >= 4 is 0 Å². The molecule has 0 aromatic heterocycles. The first-order valence-electron chi connectivity index (χ1n) is 0. The van der Waals surface area contributed by atoms with Crippen LogP contribution in [0.4, 0.5) is 0 Å². The van der Waals surface area contributed by atoms with Gasteiger partial charge in [0.1, 0.15) is 0 Å². The van der Waals surface area contributed by atoms with Crippen LogP contribution in [0.5, 0.6) is 0 Å². The topological polar surface area (TPSA) is 0 Å². The van der Waals surface area contributed by atoms with Crippen LogP contribution in [0.15, 0.2) is 0 Å². The first kappa shape index (κ1) is 49.7. The second kappa shape index (κ2) is 31.0. The van der Waals surface area contributed by atoms with Gasteiger partial charge in [0.15, 0.2) is 0 Å². The molecule has 36 valence electrons. The summed E-state index contributed by atoms with van der Waals surface area (Å²) >= 11 is 0. The van der Waals surface area contributed by atoms with Crippen molar-refractivity contribution in [3.63, 3.8) is 0 Å². The van der Waals surface area contributed by atoms with E-state index in [4.69, 9.17) is 0 Å².